The quantitative estimate of drug-likeness (QED) is 0.0505. The summed E-state index contributed by atoms with van der Waals surface area (Å²) in [6, 6.07) is 31.4. The maximum atomic E-state index is 11.5. The maximum absolute atomic E-state index is 11.5. The number of aliphatic imine (C=N–C) groups is 2. The van der Waals surface area contributed by atoms with Gasteiger partial charge in [0.1, 0.15) is 0 Å². The molecule has 0 aromatic heterocycles. The van der Waals surface area contributed by atoms with Crippen molar-refractivity contribution in [3.63, 3.8) is 0 Å². The van der Waals surface area contributed by atoms with Crippen molar-refractivity contribution in [2.45, 2.75) is 6.42 Å². The van der Waals surface area contributed by atoms with Crippen LogP contribution in [0.3, 0.4) is 0 Å². The van der Waals surface area contributed by atoms with Gasteiger partial charge in [-0.2, -0.15) is 0 Å². The monoisotopic (exact) mass is 798 g/mol. The highest BCUT2D eigenvalue weighted by Gasteiger charge is 2.24. The predicted octanol–water partition coefficient (Wildman–Crippen LogP) is 10.0. The number of rotatable bonds is 16. The number of nitro benzene ring substituents is 4. The van der Waals surface area contributed by atoms with Gasteiger partial charge in [0.05, 0.1) is 57.4 Å². The van der Waals surface area contributed by atoms with E-state index in [9.17, 15) is 40.5 Å². The third kappa shape index (κ3) is 10.0. The van der Waals surface area contributed by atoms with Crippen molar-refractivity contribution in [3.8, 4) is 34.5 Å². The van der Waals surface area contributed by atoms with Gasteiger partial charge >= 0.3 is 11.4 Å². The molecule has 6 aromatic rings. The van der Waals surface area contributed by atoms with Gasteiger partial charge in [0.2, 0.25) is 11.5 Å². The van der Waals surface area contributed by atoms with Crippen LogP contribution in [0, 0.1) is 40.5 Å². The zero-order chi connectivity index (χ0) is 42.1. The lowest BCUT2D eigenvalue weighted by molar-refractivity contribution is -0.394. The second kappa shape index (κ2) is 17.9. The van der Waals surface area contributed by atoms with Crippen molar-refractivity contribution in [1.29, 1.82) is 0 Å². The van der Waals surface area contributed by atoms with Gasteiger partial charge in [-0.05, 0) is 101 Å². The SMILES string of the molecule is COc1cc(C=Nc2ccc(Cc3ccc(N=Cc4ccc(Oc5ccc([N+](=O)[O-])cc5[N+](=O)[O-])c(OC)c4)cc3)cc2)ccc1Oc1ccc([N+](=O)[O-])cc1[N+](=O)[O-]. The first kappa shape index (κ1) is 40.1. The fourth-order valence-electron chi connectivity index (χ4n) is 5.56. The number of nitro groups is 4. The summed E-state index contributed by atoms with van der Waals surface area (Å²) in [4.78, 5) is 51.3. The molecular formula is C41H30N6O12. The topological polar surface area (TPSA) is 234 Å². The van der Waals surface area contributed by atoms with E-state index in [1.165, 1.54) is 14.2 Å². The summed E-state index contributed by atoms with van der Waals surface area (Å²) in [7, 11) is 2.83. The molecule has 0 aliphatic heterocycles. The van der Waals surface area contributed by atoms with Crippen molar-refractivity contribution in [2.24, 2.45) is 9.98 Å². The molecule has 0 N–H and O–H groups in total. The van der Waals surface area contributed by atoms with Gasteiger partial charge in [-0.25, -0.2) is 0 Å². The Bertz CT molecular complexity index is 2450. The van der Waals surface area contributed by atoms with Crippen LogP contribution in [0.25, 0.3) is 0 Å². The zero-order valence-electron chi connectivity index (χ0n) is 31.0. The molecule has 0 aliphatic rings. The van der Waals surface area contributed by atoms with E-state index in [0.29, 0.717) is 28.9 Å². The molecule has 0 amide bonds. The first-order chi connectivity index (χ1) is 28.4. The molecule has 0 aliphatic carbocycles. The standard InChI is InChI=1S/C41H30N6O12/c1-56-40-20-28(7-15-38(40)58-36-17-13-32(44(48)49)22-34(36)46(52)53)24-42-30-9-3-26(4-10-30)19-27-5-11-31(12-6-27)43-25-29-8-16-39(41(21-29)57-2)59-37-18-14-33(45(50)51)23-35(37)47(54)55/h3-18,20-25H,19H2,1-2H3. The molecule has 6 rings (SSSR count). The van der Waals surface area contributed by atoms with Gasteiger partial charge in [0, 0.05) is 24.6 Å². The number of methoxy groups -OCH3 is 2. The lowest BCUT2D eigenvalue weighted by atomic mass is 10.0. The fourth-order valence-corrected chi connectivity index (χ4v) is 5.56. The van der Waals surface area contributed by atoms with E-state index < -0.39 is 42.4 Å². The fraction of sp³-hybridized carbons (Fsp3) is 0.0732. The highest BCUT2D eigenvalue weighted by Crippen LogP contribution is 2.40. The van der Waals surface area contributed by atoms with Gasteiger partial charge in [0.25, 0.3) is 11.4 Å². The maximum Gasteiger partial charge on any atom is 0.318 e. The normalized spacial score (nSPS) is 11.0. The molecule has 0 unspecified atom stereocenters. The highest BCUT2D eigenvalue weighted by atomic mass is 16.6. The second-order valence-electron chi connectivity index (χ2n) is 12.4. The number of ether oxygens (including phenoxy) is 4. The van der Waals surface area contributed by atoms with E-state index >= 15 is 0 Å². The van der Waals surface area contributed by atoms with Crippen LogP contribution >= 0.6 is 0 Å². The Hall–Kier alpha value is -8.54. The van der Waals surface area contributed by atoms with Gasteiger partial charge in [-0.1, -0.05) is 24.3 Å². The molecule has 6 aromatic carbocycles. The van der Waals surface area contributed by atoms with E-state index in [-0.39, 0.29) is 34.5 Å². The van der Waals surface area contributed by atoms with Crippen LogP contribution in [-0.4, -0.2) is 46.3 Å². The van der Waals surface area contributed by atoms with Crippen LogP contribution < -0.4 is 18.9 Å². The molecule has 0 atom stereocenters. The molecule has 0 heterocycles. The average Bonchev–Trinajstić information content (AvgIpc) is 3.23. The summed E-state index contributed by atoms with van der Waals surface area (Å²) in [5.74, 6) is 0.527. The molecular weight excluding hydrogens is 768 g/mol. The second-order valence-corrected chi connectivity index (χ2v) is 12.4. The molecule has 0 bridgehead atoms. The first-order valence-corrected chi connectivity index (χ1v) is 17.2. The molecule has 0 radical (unpaired) electrons. The van der Waals surface area contributed by atoms with Crippen LogP contribution in [0.1, 0.15) is 22.3 Å². The Labute approximate surface area is 333 Å². The van der Waals surface area contributed by atoms with Gasteiger partial charge < -0.3 is 18.9 Å². The van der Waals surface area contributed by atoms with E-state index in [2.05, 4.69) is 9.98 Å². The van der Waals surface area contributed by atoms with E-state index in [1.54, 1.807) is 48.8 Å². The van der Waals surface area contributed by atoms with Crippen molar-refractivity contribution >= 4 is 46.6 Å². The van der Waals surface area contributed by atoms with Gasteiger partial charge in [0.15, 0.2) is 23.0 Å². The van der Waals surface area contributed by atoms with E-state index in [4.69, 9.17) is 18.9 Å². The summed E-state index contributed by atoms with van der Waals surface area (Å²) in [6.45, 7) is 0. The number of nitrogens with zero attached hydrogens (tertiary/aromatic N) is 6. The largest absolute Gasteiger partial charge is 0.493 e. The van der Waals surface area contributed by atoms with Crippen LogP contribution in [0.2, 0.25) is 0 Å². The summed E-state index contributed by atoms with van der Waals surface area (Å²) < 4.78 is 22.3. The van der Waals surface area contributed by atoms with Crippen molar-refractivity contribution in [3.05, 3.63) is 184 Å². The molecule has 0 saturated carbocycles. The lowest BCUT2D eigenvalue weighted by Crippen LogP contribution is -1.97. The van der Waals surface area contributed by atoms with E-state index in [0.717, 1.165) is 47.5 Å². The Morgan fingerprint density at radius 3 is 1.17 bits per heavy atom. The van der Waals surface area contributed by atoms with Gasteiger partial charge in [-0.3, -0.25) is 50.4 Å². The number of non-ortho nitro benzene ring substituents is 2. The van der Waals surface area contributed by atoms with Crippen LogP contribution in [0.4, 0.5) is 34.1 Å². The Kier molecular flexibility index (Phi) is 12.2. The lowest BCUT2D eigenvalue weighted by Gasteiger charge is -2.11. The Morgan fingerprint density at radius 2 is 0.831 bits per heavy atom. The number of hydrogen-bond donors (Lipinski definition) is 0. The van der Waals surface area contributed by atoms with Crippen molar-refractivity contribution in [1.82, 2.24) is 0 Å². The van der Waals surface area contributed by atoms with Crippen molar-refractivity contribution in [2.75, 3.05) is 14.2 Å². The molecule has 59 heavy (non-hydrogen) atoms. The third-order valence-electron chi connectivity index (χ3n) is 8.52. The summed E-state index contributed by atoms with van der Waals surface area (Å²) >= 11 is 0. The minimum atomic E-state index is -0.759. The summed E-state index contributed by atoms with van der Waals surface area (Å²) in [5, 5.41) is 45.2. The molecule has 0 spiro atoms. The van der Waals surface area contributed by atoms with Gasteiger partial charge in [-0.15, -0.1) is 0 Å². The minimum Gasteiger partial charge on any atom is -0.493 e. The zero-order valence-corrected chi connectivity index (χ0v) is 31.0. The third-order valence-corrected chi connectivity index (χ3v) is 8.52. The molecule has 0 saturated heterocycles. The Balaban J connectivity index is 1.06. The summed E-state index contributed by atoms with van der Waals surface area (Å²) in [6.07, 6.45) is 3.91. The predicted molar refractivity (Wildman–Crippen MR) is 216 cm³/mol. The molecule has 0 fully saturated rings. The number of benzene rings is 6. The van der Waals surface area contributed by atoms with Crippen molar-refractivity contribution < 1.29 is 38.6 Å². The van der Waals surface area contributed by atoms with Crippen LogP contribution in [-0.2, 0) is 6.42 Å². The minimum absolute atomic E-state index is 0.171. The Morgan fingerprint density at radius 1 is 0.458 bits per heavy atom. The van der Waals surface area contributed by atoms with Crippen LogP contribution in [0.15, 0.2) is 131 Å². The first-order valence-electron chi connectivity index (χ1n) is 17.2. The molecule has 18 nitrogen and oxygen atoms in total. The molecule has 296 valence electrons. The smallest absolute Gasteiger partial charge is 0.318 e. The van der Waals surface area contributed by atoms with Crippen LogP contribution in [0.5, 0.6) is 34.5 Å². The highest BCUT2D eigenvalue weighted by molar-refractivity contribution is 5.84. The summed E-state index contributed by atoms with van der Waals surface area (Å²) in [5.41, 5.74) is 2.84. The van der Waals surface area contributed by atoms with E-state index in [1.807, 2.05) is 48.5 Å². The average molecular weight is 799 g/mol. The number of hydrogen-bond acceptors (Lipinski definition) is 14. The molecule has 18 heteroatoms.